The van der Waals surface area contributed by atoms with Crippen molar-refractivity contribution < 1.29 is 0 Å². The van der Waals surface area contributed by atoms with E-state index in [1.54, 1.807) is 0 Å². The van der Waals surface area contributed by atoms with Crippen molar-refractivity contribution in [2.24, 2.45) is 0 Å². The number of nitrogens with zero attached hydrogens (tertiary/aromatic N) is 1. The molecular formula is C16H14ClN3. The normalized spacial score (nSPS) is 10.7. The van der Waals surface area contributed by atoms with E-state index < -0.39 is 0 Å². The van der Waals surface area contributed by atoms with Crippen LogP contribution in [0.25, 0.3) is 22.4 Å². The van der Waals surface area contributed by atoms with Gasteiger partial charge in [-0.1, -0.05) is 48.0 Å². The van der Waals surface area contributed by atoms with Crippen molar-refractivity contribution in [3.05, 3.63) is 59.1 Å². The molecule has 20 heavy (non-hydrogen) atoms. The molecule has 0 amide bonds. The maximum atomic E-state index is 6.02. The first-order chi connectivity index (χ1) is 9.66. The number of H-pyrrole nitrogens is 1. The Bertz CT molecular complexity index is 748. The first-order valence-corrected chi connectivity index (χ1v) is 6.70. The van der Waals surface area contributed by atoms with E-state index in [1.165, 1.54) is 0 Å². The standard InChI is InChI=1S/C16H14ClN3/c1-10-9-12(17)7-8-13(10)15-14(16(18)20-19-15)11-5-3-2-4-6-11/h2-9H,1H3,(H3,18,19,20). The highest BCUT2D eigenvalue weighted by Crippen LogP contribution is 2.36. The third-order valence-corrected chi connectivity index (χ3v) is 3.55. The fraction of sp³-hybridized carbons (Fsp3) is 0.0625. The number of hydrogen-bond acceptors (Lipinski definition) is 2. The molecule has 0 fully saturated rings. The lowest BCUT2D eigenvalue weighted by molar-refractivity contribution is 1.10. The number of hydrogen-bond donors (Lipinski definition) is 2. The van der Waals surface area contributed by atoms with Crippen LogP contribution in [0.3, 0.4) is 0 Å². The molecule has 0 atom stereocenters. The number of rotatable bonds is 2. The van der Waals surface area contributed by atoms with E-state index in [9.17, 15) is 0 Å². The molecule has 0 radical (unpaired) electrons. The summed E-state index contributed by atoms with van der Waals surface area (Å²) in [7, 11) is 0. The highest BCUT2D eigenvalue weighted by Gasteiger charge is 2.15. The van der Waals surface area contributed by atoms with Crippen LogP contribution in [0.5, 0.6) is 0 Å². The number of benzene rings is 2. The fourth-order valence-corrected chi connectivity index (χ4v) is 2.58. The Kier molecular flexibility index (Phi) is 3.20. The largest absolute Gasteiger partial charge is 0.382 e. The van der Waals surface area contributed by atoms with Crippen LogP contribution in [-0.2, 0) is 0 Å². The van der Waals surface area contributed by atoms with Crippen LogP contribution in [0.2, 0.25) is 5.02 Å². The Morgan fingerprint density at radius 3 is 2.55 bits per heavy atom. The highest BCUT2D eigenvalue weighted by atomic mass is 35.5. The molecule has 0 bridgehead atoms. The quantitative estimate of drug-likeness (QED) is 0.737. The molecule has 0 spiro atoms. The minimum Gasteiger partial charge on any atom is -0.382 e. The average Bonchev–Trinajstić information content (AvgIpc) is 2.81. The van der Waals surface area contributed by atoms with Crippen molar-refractivity contribution in [1.29, 1.82) is 0 Å². The minimum atomic E-state index is 0.501. The molecule has 2 aromatic carbocycles. The van der Waals surface area contributed by atoms with Gasteiger partial charge in [-0.25, -0.2) is 0 Å². The number of aryl methyl sites for hydroxylation is 1. The molecule has 1 aromatic heterocycles. The summed E-state index contributed by atoms with van der Waals surface area (Å²) in [4.78, 5) is 0. The summed E-state index contributed by atoms with van der Waals surface area (Å²) in [5, 5.41) is 7.91. The van der Waals surface area contributed by atoms with Gasteiger partial charge in [0.15, 0.2) is 5.82 Å². The van der Waals surface area contributed by atoms with Crippen molar-refractivity contribution in [3.8, 4) is 22.4 Å². The summed E-state index contributed by atoms with van der Waals surface area (Å²) in [6.07, 6.45) is 0. The van der Waals surface area contributed by atoms with Gasteiger partial charge in [-0.05, 0) is 30.2 Å². The third-order valence-electron chi connectivity index (χ3n) is 3.31. The smallest absolute Gasteiger partial charge is 0.153 e. The zero-order chi connectivity index (χ0) is 14.1. The molecule has 3 aromatic rings. The second kappa shape index (κ2) is 5.02. The Morgan fingerprint density at radius 2 is 1.85 bits per heavy atom. The molecule has 100 valence electrons. The van der Waals surface area contributed by atoms with E-state index in [2.05, 4.69) is 10.2 Å². The van der Waals surface area contributed by atoms with E-state index in [1.807, 2.05) is 55.5 Å². The van der Waals surface area contributed by atoms with Crippen molar-refractivity contribution in [3.63, 3.8) is 0 Å². The number of nitrogen functional groups attached to an aromatic ring is 1. The topological polar surface area (TPSA) is 54.7 Å². The van der Waals surface area contributed by atoms with Gasteiger partial charge < -0.3 is 5.73 Å². The van der Waals surface area contributed by atoms with E-state index in [0.717, 1.165) is 33.0 Å². The van der Waals surface area contributed by atoms with Gasteiger partial charge in [0.1, 0.15) is 0 Å². The third kappa shape index (κ3) is 2.17. The molecule has 4 heteroatoms. The van der Waals surface area contributed by atoms with E-state index in [4.69, 9.17) is 17.3 Å². The van der Waals surface area contributed by atoms with Gasteiger partial charge in [0.25, 0.3) is 0 Å². The molecule has 0 aliphatic rings. The molecule has 0 unspecified atom stereocenters. The van der Waals surface area contributed by atoms with Gasteiger partial charge in [0, 0.05) is 10.6 Å². The van der Waals surface area contributed by atoms with Crippen molar-refractivity contribution in [2.75, 3.05) is 5.73 Å². The first kappa shape index (κ1) is 12.8. The number of nitrogens with one attached hydrogen (secondary N) is 1. The van der Waals surface area contributed by atoms with Gasteiger partial charge >= 0.3 is 0 Å². The lowest BCUT2D eigenvalue weighted by Crippen LogP contribution is -1.89. The van der Waals surface area contributed by atoms with Gasteiger partial charge in [-0.15, -0.1) is 0 Å². The summed E-state index contributed by atoms with van der Waals surface area (Å²) < 4.78 is 0. The number of aromatic nitrogens is 2. The molecule has 0 saturated carbocycles. The van der Waals surface area contributed by atoms with Crippen LogP contribution < -0.4 is 5.73 Å². The molecule has 3 nitrogen and oxygen atoms in total. The van der Waals surface area contributed by atoms with Crippen LogP contribution in [0.1, 0.15) is 5.56 Å². The number of halogens is 1. The second-order valence-corrected chi connectivity index (χ2v) is 5.12. The average molecular weight is 284 g/mol. The van der Waals surface area contributed by atoms with Crippen molar-refractivity contribution >= 4 is 17.4 Å². The van der Waals surface area contributed by atoms with Crippen LogP contribution in [0, 0.1) is 6.92 Å². The van der Waals surface area contributed by atoms with Crippen LogP contribution in [0.4, 0.5) is 5.82 Å². The number of nitrogens with two attached hydrogens (primary N) is 1. The van der Waals surface area contributed by atoms with E-state index in [-0.39, 0.29) is 0 Å². The Balaban J connectivity index is 2.21. The Labute approximate surface area is 122 Å². The van der Waals surface area contributed by atoms with Gasteiger partial charge in [-0.3, -0.25) is 5.10 Å². The highest BCUT2D eigenvalue weighted by molar-refractivity contribution is 6.30. The van der Waals surface area contributed by atoms with Crippen molar-refractivity contribution in [2.45, 2.75) is 6.92 Å². The number of aromatic amines is 1. The zero-order valence-electron chi connectivity index (χ0n) is 11.0. The lowest BCUT2D eigenvalue weighted by Gasteiger charge is -2.08. The predicted octanol–water partition coefficient (Wildman–Crippen LogP) is 4.29. The molecule has 0 saturated heterocycles. The van der Waals surface area contributed by atoms with Crippen LogP contribution in [-0.4, -0.2) is 10.2 Å². The van der Waals surface area contributed by atoms with E-state index >= 15 is 0 Å². The lowest BCUT2D eigenvalue weighted by atomic mass is 9.98. The number of anilines is 1. The van der Waals surface area contributed by atoms with Gasteiger partial charge in [0.05, 0.1) is 11.3 Å². The monoisotopic (exact) mass is 283 g/mol. The fourth-order valence-electron chi connectivity index (χ4n) is 2.36. The Morgan fingerprint density at radius 1 is 1.10 bits per heavy atom. The van der Waals surface area contributed by atoms with Crippen LogP contribution >= 0.6 is 11.6 Å². The maximum absolute atomic E-state index is 6.02. The summed E-state index contributed by atoms with van der Waals surface area (Å²) in [6.45, 7) is 2.02. The van der Waals surface area contributed by atoms with Crippen molar-refractivity contribution in [1.82, 2.24) is 10.2 Å². The molecule has 0 aliphatic carbocycles. The van der Waals surface area contributed by atoms with Crippen LogP contribution in [0.15, 0.2) is 48.5 Å². The second-order valence-electron chi connectivity index (χ2n) is 4.68. The first-order valence-electron chi connectivity index (χ1n) is 6.32. The summed E-state index contributed by atoms with van der Waals surface area (Å²) in [5.74, 6) is 0.501. The Hall–Kier alpha value is -2.26. The molecular weight excluding hydrogens is 270 g/mol. The molecule has 1 heterocycles. The van der Waals surface area contributed by atoms with Gasteiger partial charge in [-0.2, -0.15) is 5.10 Å². The SMILES string of the molecule is Cc1cc(Cl)ccc1-c1[nH]nc(N)c1-c1ccccc1. The molecule has 0 aliphatic heterocycles. The maximum Gasteiger partial charge on any atom is 0.153 e. The van der Waals surface area contributed by atoms with E-state index in [0.29, 0.717) is 5.82 Å². The zero-order valence-corrected chi connectivity index (χ0v) is 11.8. The predicted molar refractivity (Wildman–Crippen MR) is 83.6 cm³/mol. The van der Waals surface area contributed by atoms with Gasteiger partial charge in [0.2, 0.25) is 0 Å². The summed E-state index contributed by atoms with van der Waals surface area (Å²) >= 11 is 6.02. The summed E-state index contributed by atoms with van der Waals surface area (Å²) in [5.41, 5.74) is 11.0. The molecule has 3 rings (SSSR count). The summed E-state index contributed by atoms with van der Waals surface area (Å²) in [6, 6.07) is 15.8. The molecule has 3 N–H and O–H groups in total. The minimum absolute atomic E-state index is 0.501.